The van der Waals surface area contributed by atoms with Gasteiger partial charge in [-0.3, -0.25) is 0 Å². The summed E-state index contributed by atoms with van der Waals surface area (Å²) in [6.07, 6.45) is 0. The standard InChI is InChI=1S/C55H36N2O/c1-4-15-37(16-5-1)38-27-29-41(30-28-38)57(51-26-13-12-21-42(51)39-17-6-2-7-18-39)52-35-33-47(45-22-10-11-23-49(45)52)43-24-14-25-44-46(43)31-32-50-48(44)34-36-53-54(50)56-55(58-53)40-19-8-3-9-20-40/h1-36H. The molecule has 0 fully saturated rings. The van der Waals surface area contributed by atoms with Crippen LogP contribution in [0, 0.1) is 0 Å². The average Bonchev–Trinajstić information content (AvgIpc) is 3.76. The Labute approximate surface area is 336 Å². The molecule has 0 aliphatic rings. The van der Waals surface area contributed by atoms with Crippen LogP contribution in [0.2, 0.25) is 0 Å². The number of rotatable bonds is 7. The van der Waals surface area contributed by atoms with E-state index < -0.39 is 0 Å². The first kappa shape index (κ1) is 33.6. The van der Waals surface area contributed by atoms with Crippen LogP contribution >= 0.6 is 0 Å². The van der Waals surface area contributed by atoms with Crippen molar-refractivity contribution in [2.45, 2.75) is 0 Å². The number of aromatic nitrogens is 1. The number of anilines is 3. The first-order valence-electron chi connectivity index (χ1n) is 19.7. The Kier molecular flexibility index (Phi) is 8.15. The lowest BCUT2D eigenvalue weighted by Gasteiger charge is -2.29. The Hall–Kier alpha value is -7.75. The van der Waals surface area contributed by atoms with Gasteiger partial charge in [0, 0.05) is 27.6 Å². The normalized spacial score (nSPS) is 11.4. The highest BCUT2D eigenvalue weighted by molar-refractivity contribution is 6.19. The molecule has 1 aromatic heterocycles. The summed E-state index contributed by atoms with van der Waals surface area (Å²) in [5.74, 6) is 0.635. The van der Waals surface area contributed by atoms with Crippen molar-refractivity contribution in [2.75, 3.05) is 4.90 Å². The molecule has 0 radical (unpaired) electrons. The van der Waals surface area contributed by atoms with Crippen molar-refractivity contribution in [2.24, 2.45) is 0 Å². The zero-order valence-electron chi connectivity index (χ0n) is 31.6. The van der Waals surface area contributed by atoms with Crippen molar-refractivity contribution < 1.29 is 4.42 Å². The Bertz CT molecular complexity index is 3260. The van der Waals surface area contributed by atoms with E-state index in [2.05, 4.69) is 193 Å². The first-order valence-corrected chi connectivity index (χ1v) is 19.7. The third-order valence-corrected chi connectivity index (χ3v) is 11.3. The molecule has 0 saturated heterocycles. The zero-order chi connectivity index (χ0) is 38.4. The lowest BCUT2D eigenvalue weighted by Crippen LogP contribution is -2.12. The highest BCUT2D eigenvalue weighted by atomic mass is 16.3. The fourth-order valence-electron chi connectivity index (χ4n) is 8.59. The van der Waals surface area contributed by atoms with E-state index in [0.717, 1.165) is 44.5 Å². The summed E-state index contributed by atoms with van der Waals surface area (Å²) in [4.78, 5) is 7.41. The van der Waals surface area contributed by atoms with Gasteiger partial charge in [0.15, 0.2) is 5.58 Å². The van der Waals surface area contributed by atoms with E-state index in [0.29, 0.717) is 5.89 Å². The molecule has 1 heterocycles. The minimum absolute atomic E-state index is 0.635. The predicted octanol–water partition coefficient (Wildman–Crippen LogP) is 15.4. The van der Waals surface area contributed by atoms with E-state index in [4.69, 9.17) is 9.40 Å². The summed E-state index contributed by atoms with van der Waals surface area (Å²) in [5.41, 5.74) is 13.1. The lowest BCUT2D eigenvalue weighted by molar-refractivity contribution is 0.620. The van der Waals surface area contributed by atoms with Crippen molar-refractivity contribution in [1.82, 2.24) is 4.98 Å². The van der Waals surface area contributed by atoms with Crippen LogP contribution in [-0.2, 0) is 0 Å². The molecule has 0 aliphatic heterocycles. The van der Waals surface area contributed by atoms with Crippen LogP contribution in [0.15, 0.2) is 223 Å². The molecule has 58 heavy (non-hydrogen) atoms. The number of fused-ring (bicyclic) bond motifs is 6. The number of benzene rings is 10. The van der Waals surface area contributed by atoms with Crippen LogP contribution in [0.4, 0.5) is 17.1 Å². The predicted molar refractivity (Wildman–Crippen MR) is 243 cm³/mol. The third-order valence-electron chi connectivity index (χ3n) is 11.3. The largest absolute Gasteiger partial charge is 0.436 e. The highest BCUT2D eigenvalue weighted by Gasteiger charge is 2.21. The number of nitrogens with zero attached hydrogens (tertiary/aromatic N) is 2. The number of hydrogen-bond donors (Lipinski definition) is 0. The Morgan fingerprint density at radius 1 is 0.310 bits per heavy atom. The van der Waals surface area contributed by atoms with Crippen molar-refractivity contribution in [3.05, 3.63) is 218 Å². The second-order valence-corrected chi connectivity index (χ2v) is 14.7. The van der Waals surface area contributed by atoms with Gasteiger partial charge >= 0.3 is 0 Å². The summed E-state index contributed by atoms with van der Waals surface area (Å²) in [5, 5.41) is 6.98. The maximum Gasteiger partial charge on any atom is 0.227 e. The molecule has 272 valence electrons. The number of para-hydroxylation sites is 1. The Balaban J connectivity index is 1.09. The van der Waals surface area contributed by atoms with Crippen LogP contribution in [0.3, 0.4) is 0 Å². The molecule has 10 aromatic carbocycles. The Morgan fingerprint density at radius 3 is 1.62 bits per heavy atom. The van der Waals surface area contributed by atoms with Gasteiger partial charge in [0.25, 0.3) is 0 Å². The average molecular weight is 741 g/mol. The molecule has 0 aliphatic carbocycles. The monoisotopic (exact) mass is 740 g/mol. The molecule has 3 heteroatoms. The van der Waals surface area contributed by atoms with Gasteiger partial charge in [0.1, 0.15) is 5.52 Å². The van der Waals surface area contributed by atoms with Gasteiger partial charge in [0.05, 0.1) is 11.4 Å². The minimum Gasteiger partial charge on any atom is -0.436 e. The smallest absolute Gasteiger partial charge is 0.227 e. The minimum atomic E-state index is 0.635. The van der Waals surface area contributed by atoms with E-state index in [-0.39, 0.29) is 0 Å². The number of oxazole rings is 1. The molecule has 0 spiro atoms. The van der Waals surface area contributed by atoms with Crippen molar-refractivity contribution in [1.29, 1.82) is 0 Å². The second kappa shape index (κ2) is 14.1. The van der Waals surface area contributed by atoms with Gasteiger partial charge in [-0.2, -0.15) is 0 Å². The lowest BCUT2D eigenvalue weighted by atomic mass is 9.91. The fourth-order valence-corrected chi connectivity index (χ4v) is 8.59. The SMILES string of the molecule is c1ccc(-c2ccc(N(c3ccccc3-c3ccccc3)c3ccc(-c4cccc5c4ccc4c5ccc5oc(-c6ccccc6)nc54)c4ccccc34)cc2)cc1. The molecule has 0 bridgehead atoms. The summed E-state index contributed by atoms with van der Waals surface area (Å²) >= 11 is 0. The van der Waals surface area contributed by atoms with Gasteiger partial charge in [0.2, 0.25) is 5.89 Å². The molecule has 11 rings (SSSR count). The van der Waals surface area contributed by atoms with Gasteiger partial charge in [-0.15, -0.1) is 0 Å². The maximum absolute atomic E-state index is 6.25. The third kappa shape index (κ3) is 5.72. The summed E-state index contributed by atoms with van der Waals surface area (Å²) < 4.78 is 6.25. The second-order valence-electron chi connectivity index (χ2n) is 14.7. The molecule has 3 nitrogen and oxygen atoms in total. The first-order chi connectivity index (χ1) is 28.8. The molecule has 0 atom stereocenters. The van der Waals surface area contributed by atoms with Gasteiger partial charge in [-0.1, -0.05) is 170 Å². The zero-order valence-corrected chi connectivity index (χ0v) is 31.6. The topological polar surface area (TPSA) is 29.3 Å². The molecule has 0 N–H and O–H groups in total. The molecule has 11 aromatic rings. The van der Waals surface area contributed by atoms with Crippen molar-refractivity contribution in [3.8, 4) is 44.8 Å². The quantitative estimate of drug-likeness (QED) is 0.152. The van der Waals surface area contributed by atoms with Crippen LogP contribution in [0.25, 0.3) is 88.3 Å². The molecule has 0 unspecified atom stereocenters. The van der Waals surface area contributed by atoms with Gasteiger partial charge in [-0.05, 0) is 97.9 Å². The van der Waals surface area contributed by atoms with E-state index in [1.807, 2.05) is 30.3 Å². The summed E-state index contributed by atoms with van der Waals surface area (Å²) in [6, 6.07) is 77.8. The van der Waals surface area contributed by atoms with Crippen LogP contribution in [0.1, 0.15) is 0 Å². The summed E-state index contributed by atoms with van der Waals surface area (Å²) in [7, 11) is 0. The van der Waals surface area contributed by atoms with Gasteiger partial charge < -0.3 is 9.32 Å². The molecule has 0 saturated carbocycles. The van der Waals surface area contributed by atoms with Gasteiger partial charge in [-0.25, -0.2) is 4.98 Å². The van der Waals surface area contributed by atoms with Crippen molar-refractivity contribution >= 4 is 60.5 Å². The van der Waals surface area contributed by atoms with E-state index >= 15 is 0 Å². The Morgan fingerprint density at radius 2 is 0.845 bits per heavy atom. The fraction of sp³-hybridized carbons (Fsp3) is 0. The van der Waals surface area contributed by atoms with Crippen LogP contribution in [-0.4, -0.2) is 4.98 Å². The van der Waals surface area contributed by atoms with Crippen LogP contribution < -0.4 is 4.90 Å². The van der Waals surface area contributed by atoms with Crippen molar-refractivity contribution in [3.63, 3.8) is 0 Å². The molecular weight excluding hydrogens is 705 g/mol. The molecular formula is C55H36N2O. The molecule has 0 amide bonds. The summed E-state index contributed by atoms with van der Waals surface area (Å²) in [6.45, 7) is 0. The van der Waals surface area contributed by atoms with E-state index in [1.165, 1.54) is 54.9 Å². The highest BCUT2D eigenvalue weighted by Crippen LogP contribution is 2.46. The van der Waals surface area contributed by atoms with E-state index in [9.17, 15) is 0 Å². The number of hydrogen-bond acceptors (Lipinski definition) is 3. The maximum atomic E-state index is 6.25. The van der Waals surface area contributed by atoms with E-state index in [1.54, 1.807) is 0 Å². The van der Waals surface area contributed by atoms with Crippen LogP contribution in [0.5, 0.6) is 0 Å².